The van der Waals surface area contributed by atoms with Gasteiger partial charge in [0.25, 0.3) is 11.6 Å². The van der Waals surface area contributed by atoms with Gasteiger partial charge in [0.05, 0.1) is 49.1 Å². The normalized spacial score (nSPS) is 10.6. The van der Waals surface area contributed by atoms with E-state index in [9.17, 15) is 14.9 Å². The molecule has 1 amide bonds. The molecule has 1 heterocycles. The first-order chi connectivity index (χ1) is 16.5. The fourth-order valence-electron chi connectivity index (χ4n) is 3.00. The molecule has 0 saturated carbocycles. The summed E-state index contributed by atoms with van der Waals surface area (Å²) in [5.74, 6) is -0.308. The SMILES string of the molecule is CCOCCOCc1cccc(NC(=O)c2cc(OC)c(OCc3cscn3)cc2[N+](=O)[O-])c1. The van der Waals surface area contributed by atoms with E-state index in [4.69, 9.17) is 18.9 Å². The lowest BCUT2D eigenvalue weighted by Gasteiger charge is -2.13. The zero-order valence-electron chi connectivity index (χ0n) is 18.8. The topological polar surface area (TPSA) is 122 Å². The van der Waals surface area contributed by atoms with Gasteiger partial charge in [0, 0.05) is 23.7 Å². The summed E-state index contributed by atoms with van der Waals surface area (Å²) >= 11 is 1.41. The molecule has 2 aromatic carbocycles. The Morgan fingerprint density at radius 3 is 2.68 bits per heavy atom. The zero-order chi connectivity index (χ0) is 24.3. The molecule has 0 unspecified atom stereocenters. The first kappa shape index (κ1) is 25.1. The second kappa shape index (κ2) is 12.6. The molecular weight excluding hydrogens is 462 g/mol. The fourth-order valence-corrected chi connectivity index (χ4v) is 3.55. The molecule has 0 atom stereocenters. The summed E-state index contributed by atoms with van der Waals surface area (Å²) in [5, 5.41) is 16.2. The maximum atomic E-state index is 12.9. The van der Waals surface area contributed by atoms with Gasteiger partial charge in [-0.25, -0.2) is 4.98 Å². The number of rotatable bonds is 13. The summed E-state index contributed by atoms with van der Waals surface area (Å²) in [6.45, 7) is 3.95. The molecule has 10 nitrogen and oxygen atoms in total. The summed E-state index contributed by atoms with van der Waals surface area (Å²) < 4.78 is 21.7. The van der Waals surface area contributed by atoms with Gasteiger partial charge < -0.3 is 24.3 Å². The van der Waals surface area contributed by atoms with Gasteiger partial charge in [-0.05, 0) is 24.6 Å². The van der Waals surface area contributed by atoms with Crippen molar-refractivity contribution in [2.24, 2.45) is 0 Å². The molecule has 0 aliphatic carbocycles. The van der Waals surface area contributed by atoms with Crippen molar-refractivity contribution in [3.8, 4) is 11.5 Å². The lowest BCUT2D eigenvalue weighted by molar-refractivity contribution is -0.385. The number of hydrogen-bond acceptors (Lipinski definition) is 9. The van der Waals surface area contributed by atoms with Crippen LogP contribution in [0, 0.1) is 10.1 Å². The molecule has 1 aromatic heterocycles. The Morgan fingerprint density at radius 2 is 1.97 bits per heavy atom. The molecule has 3 rings (SSSR count). The van der Waals surface area contributed by atoms with E-state index in [-0.39, 0.29) is 23.7 Å². The van der Waals surface area contributed by atoms with E-state index >= 15 is 0 Å². The van der Waals surface area contributed by atoms with E-state index in [1.807, 2.05) is 13.0 Å². The largest absolute Gasteiger partial charge is 0.493 e. The van der Waals surface area contributed by atoms with Crippen LogP contribution >= 0.6 is 11.3 Å². The van der Waals surface area contributed by atoms with E-state index in [0.717, 1.165) is 5.56 Å². The average Bonchev–Trinajstić information content (AvgIpc) is 3.36. The van der Waals surface area contributed by atoms with Crippen molar-refractivity contribution in [2.75, 3.05) is 32.2 Å². The average molecular weight is 488 g/mol. The molecule has 0 bridgehead atoms. The molecular formula is C23H25N3O7S. The number of anilines is 1. The molecule has 0 spiro atoms. The molecule has 0 fully saturated rings. The van der Waals surface area contributed by atoms with Gasteiger partial charge in [0.15, 0.2) is 11.5 Å². The van der Waals surface area contributed by atoms with E-state index in [1.165, 1.54) is 30.6 Å². The maximum Gasteiger partial charge on any atom is 0.286 e. The van der Waals surface area contributed by atoms with Crippen molar-refractivity contribution in [1.29, 1.82) is 0 Å². The van der Waals surface area contributed by atoms with Crippen LogP contribution in [0.3, 0.4) is 0 Å². The molecule has 3 aromatic rings. The minimum Gasteiger partial charge on any atom is -0.493 e. The second-order valence-corrected chi connectivity index (χ2v) is 7.67. The number of aromatic nitrogens is 1. The van der Waals surface area contributed by atoms with Gasteiger partial charge in [-0.1, -0.05) is 12.1 Å². The summed E-state index contributed by atoms with van der Waals surface area (Å²) in [5.41, 5.74) is 3.11. The molecule has 0 saturated heterocycles. The second-order valence-electron chi connectivity index (χ2n) is 6.95. The number of nitro groups is 1. The summed E-state index contributed by atoms with van der Waals surface area (Å²) in [6, 6.07) is 9.54. The molecule has 11 heteroatoms. The van der Waals surface area contributed by atoms with Gasteiger partial charge in [0.1, 0.15) is 12.2 Å². The number of amides is 1. The number of thiazole rings is 1. The summed E-state index contributed by atoms with van der Waals surface area (Å²) in [7, 11) is 1.40. The highest BCUT2D eigenvalue weighted by Gasteiger charge is 2.25. The quantitative estimate of drug-likeness (QED) is 0.213. The minimum absolute atomic E-state index is 0.113. The van der Waals surface area contributed by atoms with Gasteiger partial charge >= 0.3 is 0 Å². The number of hydrogen-bond donors (Lipinski definition) is 1. The third-order valence-corrected chi connectivity index (χ3v) is 5.25. The first-order valence-electron chi connectivity index (χ1n) is 10.4. The molecule has 1 N–H and O–H groups in total. The highest BCUT2D eigenvalue weighted by atomic mass is 32.1. The summed E-state index contributed by atoms with van der Waals surface area (Å²) in [6.07, 6.45) is 0. The van der Waals surface area contributed by atoms with Crippen LogP contribution in [0.4, 0.5) is 11.4 Å². The zero-order valence-corrected chi connectivity index (χ0v) is 19.6. The van der Waals surface area contributed by atoms with E-state index in [2.05, 4.69) is 10.3 Å². The van der Waals surface area contributed by atoms with Crippen LogP contribution in [0.15, 0.2) is 47.3 Å². The van der Waals surface area contributed by atoms with Crippen molar-refractivity contribution in [2.45, 2.75) is 20.1 Å². The smallest absolute Gasteiger partial charge is 0.286 e. The minimum atomic E-state index is -0.648. The van der Waals surface area contributed by atoms with Crippen molar-refractivity contribution < 1.29 is 28.7 Å². The molecule has 180 valence electrons. The van der Waals surface area contributed by atoms with Crippen molar-refractivity contribution in [3.63, 3.8) is 0 Å². The van der Waals surface area contributed by atoms with Crippen molar-refractivity contribution in [3.05, 3.63) is 74.2 Å². The number of nitrogens with one attached hydrogen (secondary N) is 1. The highest BCUT2D eigenvalue weighted by Crippen LogP contribution is 2.35. The molecule has 0 aliphatic rings. The molecule has 0 radical (unpaired) electrons. The predicted molar refractivity (Wildman–Crippen MR) is 127 cm³/mol. The van der Waals surface area contributed by atoms with Gasteiger partial charge in [-0.3, -0.25) is 14.9 Å². The van der Waals surface area contributed by atoms with Crippen LogP contribution in [0.25, 0.3) is 0 Å². The maximum absolute atomic E-state index is 12.9. The number of nitrogens with zero attached hydrogens (tertiary/aromatic N) is 2. The fraction of sp³-hybridized carbons (Fsp3) is 0.304. The van der Waals surface area contributed by atoms with Gasteiger partial charge in [-0.15, -0.1) is 11.3 Å². The Balaban J connectivity index is 1.74. The van der Waals surface area contributed by atoms with E-state index < -0.39 is 16.5 Å². The third-order valence-electron chi connectivity index (χ3n) is 4.61. The Labute approximate surface area is 200 Å². The summed E-state index contributed by atoms with van der Waals surface area (Å²) in [4.78, 5) is 28.1. The van der Waals surface area contributed by atoms with Gasteiger partial charge in [-0.2, -0.15) is 0 Å². The number of carbonyl (C=O) groups excluding carboxylic acids is 1. The lowest BCUT2D eigenvalue weighted by Crippen LogP contribution is -2.15. The number of ether oxygens (including phenoxy) is 4. The Hall–Kier alpha value is -3.54. The van der Waals surface area contributed by atoms with Crippen LogP contribution in [0.1, 0.15) is 28.5 Å². The van der Waals surface area contributed by atoms with E-state index in [0.29, 0.717) is 37.8 Å². The van der Waals surface area contributed by atoms with Gasteiger partial charge in [0.2, 0.25) is 0 Å². The molecule has 0 aliphatic heterocycles. The number of methoxy groups -OCH3 is 1. The van der Waals surface area contributed by atoms with Crippen LogP contribution in [-0.2, 0) is 22.7 Å². The van der Waals surface area contributed by atoms with E-state index in [1.54, 1.807) is 29.1 Å². The number of carbonyl (C=O) groups is 1. The Kier molecular flexibility index (Phi) is 9.32. The number of benzene rings is 2. The monoisotopic (exact) mass is 487 g/mol. The van der Waals surface area contributed by atoms with Crippen molar-refractivity contribution in [1.82, 2.24) is 4.98 Å². The first-order valence-corrected chi connectivity index (χ1v) is 11.4. The highest BCUT2D eigenvalue weighted by molar-refractivity contribution is 7.07. The van der Waals surface area contributed by atoms with Crippen LogP contribution in [-0.4, -0.2) is 42.7 Å². The van der Waals surface area contributed by atoms with Crippen LogP contribution < -0.4 is 14.8 Å². The number of nitro benzene ring substituents is 1. The van der Waals surface area contributed by atoms with Crippen LogP contribution in [0.2, 0.25) is 0 Å². The third kappa shape index (κ3) is 6.98. The van der Waals surface area contributed by atoms with Crippen molar-refractivity contribution >= 4 is 28.6 Å². The lowest BCUT2D eigenvalue weighted by atomic mass is 10.1. The Morgan fingerprint density at radius 1 is 1.15 bits per heavy atom. The predicted octanol–water partition coefficient (Wildman–Crippen LogP) is 4.44. The Bertz CT molecular complexity index is 1110. The molecule has 34 heavy (non-hydrogen) atoms. The van der Waals surface area contributed by atoms with Crippen LogP contribution in [0.5, 0.6) is 11.5 Å². The standard InChI is InChI=1S/C23H25N3O7S/c1-3-31-7-8-32-12-16-5-4-6-17(9-16)25-23(27)19-10-21(30-2)22(11-20(19)26(28)29)33-13-18-14-34-15-24-18/h4-6,9-11,14-15H,3,7-8,12-13H2,1-2H3,(H,25,27).